The summed E-state index contributed by atoms with van der Waals surface area (Å²) in [6, 6.07) is 15.8. The van der Waals surface area contributed by atoms with Crippen molar-refractivity contribution in [1.29, 1.82) is 5.26 Å². The summed E-state index contributed by atoms with van der Waals surface area (Å²) in [5.74, 6) is 0. The van der Waals surface area contributed by atoms with Crippen LogP contribution in [0.5, 0.6) is 0 Å². The molecule has 0 atom stereocenters. The molecule has 3 nitrogen and oxygen atoms in total. The van der Waals surface area contributed by atoms with Gasteiger partial charge in [-0.2, -0.15) is 5.26 Å². The SMILES string of the molecule is CCCCCn1c(=O)sc2cc(-c3ccccc3C#N)ccc21. The second kappa shape index (κ2) is 6.80. The van der Waals surface area contributed by atoms with E-state index in [2.05, 4.69) is 13.0 Å². The predicted molar refractivity (Wildman–Crippen MR) is 95.8 cm³/mol. The summed E-state index contributed by atoms with van der Waals surface area (Å²) >= 11 is 1.28. The Morgan fingerprint density at radius 1 is 1.17 bits per heavy atom. The van der Waals surface area contributed by atoms with Crippen molar-refractivity contribution in [2.75, 3.05) is 0 Å². The molecule has 0 aliphatic carbocycles. The maximum atomic E-state index is 12.2. The molecule has 3 rings (SSSR count). The van der Waals surface area contributed by atoms with Gasteiger partial charge in [0, 0.05) is 6.54 Å². The number of hydrogen-bond acceptors (Lipinski definition) is 3. The molecular formula is C19H18N2OS. The van der Waals surface area contributed by atoms with Gasteiger partial charge in [-0.25, -0.2) is 0 Å². The van der Waals surface area contributed by atoms with E-state index in [-0.39, 0.29) is 4.87 Å². The highest BCUT2D eigenvalue weighted by molar-refractivity contribution is 7.16. The molecule has 23 heavy (non-hydrogen) atoms. The molecule has 0 spiro atoms. The van der Waals surface area contributed by atoms with Crippen LogP contribution in [0.2, 0.25) is 0 Å². The van der Waals surface area contributed by atoms with Crippen LogP contribution in [0.1, 0.15) is 31.7 Å². The molecule has 0 unspecified atom stereocenters. The third kappa shape index (κ3) is 3.06. The van der Waals surface area contributed by atoms with Crippen LogP contribution in [0.15, 0.2) is 47.3 Å². The zero-order valence-electron chi connectivity index (χ0n) is 13.1. The van der Waals surface area contributed by atoms with Crippen molar-refractivity contribution in [3.8, 4) is 17.2 Å². The third-order valence-electron chi connectivity index (χ3n) is 4.01. The molecule has 0 amide bonds. The smallest absolute Gasteiger partial charge is 0.299 e. The van der Waals surface area contributed by atoms with Crippen LogP contribution in [0, 0.1) is 11.3 Å². The highest BCUT2D eigenvalue weighted by atomic mass is 32.1. The molecule has 2 aromatic carbocycles. The highest BCUT2D eigenvalue weighted by Crippen LogP contribution is 2.28. The Balaban J connectivity index is 2.04. The standard InChI is InChI=1S/C19H18N2OS/c1-2-3-6-11-21-17-10-9-14(12-18(17)23-19(21)22)16-8-5-4-7-15(16)13-20/h4-5,7-10,12H,2-3,6,11H2,1H3. The molecule has 3 aromatic rings. The summed E-state index contributed by atoms with van der Waals surface area (Å²) < 4.78 is 2.85. The summed E-state index contributed by atoms with van der Waals surface area (Å²) in [6.07, 6.45) is 3.31. The van der Waals surface area contributed by atoms with Crippen molar-refractivity contribution in [3.05, 3.63) is 57.7 Å². The fraction of sp³-hybridized carbons (Fsp3) is 0.263. The van der Waals surface area contributed by atoms with Gasteiger partial charge in [-0.15, -0.1) is 0 Å². The van der Waals surface area contributed by atoms with E-state index < -0.39 is 0 Å². The maximum Gasteiger partial charge on any atom is 0.308 e. The summed E-state index contributed by atoms with van der Waals surface area (Å²) in [5, 5.41) is 9.26. The minimum atomic E-state index is 0.0989. The average Bonchev–Trinajstić information content (AvgIpc) is 2.90. The fourth-order valence-corrected chi connectivity index (χ4v) is 3.75. The Kier molecular flexibility index (Phi) is 4.59. The molecular weight excluding hydrogens is 304 g/mol. The zero-order valence-corrected chi connectivity index (χ0v) is 13.9. The van der Waals surface area contributed by atoms with E-state index in [0.717, 1.165) is 47.2 Å². The van der Waals surface area contributed by atoms with E-state index in [0.29, 0.717) is 5.56 Å². The largest absolute Gasteiger partial charge is 0.308 e. The van der Waals surface area contributed by atoms with Crippen LogP contribution in [0.25, 0.3) is 21.3 Å². The molecule has 0 aliphatic heterocycles. The molecule has 0 bridgehead atoms. The van der Waals surface area contributed by atoms with E-state index >= 15 is 0 Å². The molecule has 0 saturated heterocycles. The van der Waals surface area contributed by atoms with Crippen molar-refractivity contribution in [3.63, 3.8) is 0 Å². The first-order valence-electron chi connectivity index (χ1n) is 7.87. The first-order valence-corrected chi connectivity index (χ1v) is 8.69. The molecule has 1 aromatic heterocycles. The Morgan fingerprint density at radius 2 is 2.00 bits per heavy atom. The molecule has 0 N–H and O–H groups in total. The van der Waals surface area contributed by atoms with Crippen LogP contribution in [-0.4, -0.2) is 4.57 Å². The van der Waals surface area contributed by atoms with Crippen molar-refractivity contribution >= 4 is 21.6 Å². The van der Waals surface area contributed by atoms with Crippen LogP contribution in [0.4, 0.5) is 0 Å². The number of hydrogen-bond donors (Lipinski definition) is 0. The topological polar surface area (TPSA) is 45.8 Å². The average molecular weight is 322 g/mol. The third-order valence-corrected chi connectivity index (χ3v) is 4.95. The van der Waals surface area contributed by atoms with Gasteiger partial charge in [-0.1, -0.05) is 55.4 Å². The normalized spacial score (nSPS) is 10.8. The number of unbranched alkanes of at least 4 members (excludes halogenated alkanes) is 2. The van der Waals surface area contributed by atoms with Gasteiger partial charge in [-0.3, -0.25) is 9.36 Å². The quantitative estimate of drug-likeness (QED) is 0.634. The lowest BCUT2D eigenvalue weighted by molar-refractivity contribution is 0.609. The zero-order chi connectivity index (χ0) is 16.2. The highest BCUT2D eigenvalue weighted by Gasteiger charge is 2.10. The lowest BCUT2D eigenvalue weighted by Crippen LogP contribution is -2.12. The van der Waals surface area contributed by atoms with Gasteiger partial charge in [0.25, 0.3) is 0 Å². The van der Waals surface area contributed by atoms with Crippen LogP contribution in [-0.2, 0) is 6.54 Å². The fourth-order valence-electron chi connectivity index (χ4n) is 2.80. The number of thiazole rings is 1. The van der Waals surface area contributed by atoms with Crippen LogP contribution >= 0.6 is 11.3 Å². The molecule has 116 valence electrons. The van der Waals surface area contributed by atoms with E-state index in [1.165, 1.54) is 11.3 Å². The van der Waals surface area contributed by atoms with E-state index in [4.69, 9.17) is 0 Å². The van der Waals surface area contributed by atoms with E-state index in [1.807, 2.05) is 47.0 Å². The molecule has 0 fully saturated rings. The summed E-state index contributed by atoms with van der Waals surface area (Å²) in [4.78, 5) is 12.3. The number of fused-ring (bicyclic) bond motifs is 1. The number of nitrogens with zero attached hydrogens (tertiary/aromatic N) is 2. The van der Waals surface area contributed by atoms with Crippen molar-refractivity contribution in [1.82, 2.24) is 4.57 Å². The lowest BCUT2D eigenvalue weighted by atomic mass is 10.0. The second-order valence-electron chi connectivity index (χ2n) is 5.57. The number of nitriles is 1. The minimum Gasteiger partial charge on any atom is -0.299 e. The van der Waals surface area contributed by atoms with Gasteiger partial charge < -0.3 is 0 Å². The number of rotatable bonds is 5. The number of benzene rings is 2. The number of aryl methyl sites for hydroxylation is 1. The van der Waals surface area contributed by atoms with Crippen LogP contribution in [0.3, 0.4) is 0 Å². The minimum absolute atomic E-state index is 0.0989. The monoisotopic (exact) mass is 322 g/mol. The van der Waals surface area contributed by atoms with E-state index in [1.54, 1.807) is 0 Å². The Morgan fingerprint density at radius 3 is 2.78 bits per heavy atom. The first-order chi connectivity index (χ1) is 11.2. The van der Waals surface area contributed by atoms with Crippen LogP contribution < -0.4 is 4.87 Å². The van der Waals surface area contributed by atoms with Crippen molar-refractivity contribution in [2.45, 2.75) is 32.7 Å². The van der Waals surface area contributed by atoms with Crippen molar-refractivity contribution in [2.24, 2.45) is 0 Å². The van der Waals surface area contributed by atoms with Gasteiger partial charge in [0.05, 0.1) is 21.8 Å². The van der Waals surface area contributed by atoms with Gasteiger partial charge in [0.15, 0.2) is 0 Å². The second-order valence-corrected chi connectivity index (χ2v) is 6.56. The molecule has 0 saturated carbocycles. The number of aromatic nitrogens is 1. The molecule has 1 heterocycles. The molecule has 0 radical (unpaired) electrons. The van der Waals surface area contributed by atoms with Gasteiger partial charge in [0.2, 0.25) is 0 Å². The lowest BCUT2D eigenvalue weighted by Gasteiger charge is -2.06. The summed E-state index contributed by atoms with van der Waals surface area (Å²) in [5.41, 5.74) is 3.54. The predicted octanol–water partition coefficient (Wildman–Crippen LogP) is 4.79. The maximum absolute atomic E-state index is 12.2. The Hall–Kier alpha value is -2.38. The Labute approximate surface area is 139 Å². The molecule has 4 heteroatoms. The van der Waals surface area contributed by atoms with Gasteiger partial charge >= 0.3 is 4.87 Å². The summed E-state index contributed by atoms with van der Waals surface area (Å²) in [7, 11) is 0. The molecule has 0 aliphatic rings. The van der Waals surface area contributed by atoms with E-state index in [9.17, 15) is 10.1 Å². The Bertz CT molecular complexity index is 930. The van der Waals surface area contributed by atoms with Gasteiger partial charge in [-0.05, 0) is 35.7 Å². The van der Waals surface area contributed by atoms with Gasteiger partial charge in [0.1, 0.15) is 0 Å². The summed E-state index contributed by atoms with van der Waals surface area (Å²) in [6.45, 7) is 2.94. The van der Waals surface area contributed by atoms with Crippen molar-refractivity contribution < 1.29 is 0 Å². The first kappa shape index (κ1) is 15.5.